The summed E-state index contributed by atoms with van der Waals surface area (Å²) in [6, 6.07) is 16.6. The van der Waals surface area contributed by atoms with Crippen molar-refractivity contribution in [1.29, 1.82) is 5.26 Å². The van der Waals surface area contributed by atoms with E-state index in [9.17, 15) is 0 Å². The number of hydrogen-bond donors (Lipinski definition) is 2. The molecule has 0 unspecified atom stereocenters. The van der Waals surface area contributed by atoms with Crippen molar-refractivity contribution in [3.63, 3.8) is 0 Å². The Labute approximate surface area is 465 Å². The van der Waals surface area contributed by atoms with Crippen LogP contribution in [0.1, 0.15) is 42.1 Å². The molecule has 0 aliphatic rings. The summed E-state index contributed by atoms with van der Waals surface area (Å²) in [5.41, 5.74) is 12.5. The lowest BCUT2D eigenvalue weighted by molar-refractivity contribution is 0.269. The molecule has 402 valence electrons. The Morgan fingerprint density at radius 3 is 1.89 bits per heavy atom. The fourth-order valence-corrected chi connectivity index (χ4v) is 11.1. The number of nitriles is 1. The summed E-state index contributed by atoms with van der Waals surface area (Å²) in [6.07, 6.45) is 23.8. The third kappa shape index (κ3) is 10.1. The van der Waals surface area contributed by atoms with Gasteiger partial charge in [0.25, 0.3) is 0 Å². The van der Waals surface area contributed by atoms with Gasteiger partial charge >= 0.3 is 0 Å². The van der Waals surface area contributed by atoms with E-state index in [2.05, 4.69) is 143 Å². The van der Waals surface area contributed by atoms with E-state index in [0.717, 1.165) is 67.2 Å². The molecule has 0 spiro atoms. The molecule has 1 atom stereocenters. The van der Waals surface area contributed by atoms with Crippen molar-refractivity contribution < 1.29 is 5.11 Å². The molecular weight excluding hydrogens is 1070 g/mol. The number of nitrogens with one attached hydrogen (secondary N) is 1. The molecule has 15 aromatic heterocycles. The maximum atomic E-state index is 9.06. The van der Waals surface area contributed by atoms with E-state index in [4.69, 9.17) is 20.3 Å². The second-order valence-electron chi connectivity index (χ2n) is 18.5. The highest BCUT2D eigenvalue weighted by Crippen LogP contribution is 2.29. The number of thiophene rings is 2. The Bertz CT molecular complexity index is 4660. The van der Waals surface area contributed by atoms with Crippen LogP contribution in [0.4, 0.5) is 0 Å². The van der Waals surface area contributed by atoms with E-state index in [1.54, 1.807) is 89.5 Å². The van der Waals surface area contributed by atoms with Gasteiger partial charge in [-0.15, -0.1) is 38.0 Å². The number of pyridine rings is 1. The van der Waals surface area contributed by atoms with Gasteiger partial charge in [-0.25, -0.2) is 43.9 Å². The molecule has 15 rings (SSSR count). The van der Waals surface area contributed by atoms with Gasteiger partial charge in [-0.3, -0.25) is 18.7 Å². The van der Waals surface area contributed by atoms with Crippen LogP contribution in [0, 0.1) is 11.3 Å². The number of fused-ring (bicyclic) bond motifs is 6. The largest absolute Gasteiger partial charge is 0.394 e. The molecule has 2 N–H and O–H groups in total. The SMILES string of the molecule is CCn1cc(-c2cnc3nnn(Cc4cc5[nH]ccc5s4)c3n2)cn1.CCn1cc2sc(Cn3nnc4ncc(-c5cnn(CC#N)c5)nc43)cc2n1.C[C@@H](c1ccn2cccc2c1)n1nnc2ncc(-c3cnn(CCO)c3)nc21. The number of nitrogens with zero attached hydrogens (tertiary/aromatic N) is 25. The first-order chi connectivity index (χ1) is 39.8. The van der Waals surface area contributed by atoms with Gasteiger partial charge in [0.2, 0.25) is 16.9 Å². The Morgan fingerprint density at radius 2 is 1.25 bits per heavy atom. The molecule has 0 bridgehead atoms. The van der Waals surface area contributed by atoms with Gasteiger partial charge in [-0.2, -0.15) is 25.7 Å². The Balaban J connectivity index is 0.000000115. The van der Waals surface area contributed by atoms with Gasteiger partial charge in [-0.05, 0) is 68.8 Å². The summed E-state index contributed by atoms with van der Waals surface area (Å²) in [6.45, 7) is 9.69. The van der Waals surface area contributed by atoms with Gasteiger partial charge in [-0.1, -0.05) is 15.6 Å². The smallest absolute Gasteiger partial charge is 0.221 e. The van der Waals surface area contributed by atoms with Crippen LogP contribution in [0.3, 0.4) is 0 Å². The van der Waals surface area contributed by atoms with Crippen molar-refractivity contribution in [2.45, 2.75) is 66.1 Å². The highest BCUT2D eigenvalue weighted by molar-refractivity contribution is 7.19. The topological polar surface area (TPSA) is 305 Å². The molecule has 0 saturated heterocycles. The van der Waals surface area contributed by atoms with Crippen molar-refractivity contribution in [1.82, 2.24) is 123 Å². The minimum Gasteiger partial charge on any atom is -0.394 e. The lowest BCUT2D eigenvalue weighted by Crippen LogP contribution is -2.10. The number of aryl methyl sites for hydroxylation is 2. The molecule has 27 nitrogen and oxygen atoms in total. The van der Waals surface area contributed by atoms with Crippen molar-refractivity contribution in [2.24, 2.45) is 0 Å². The number of rotatable bonds is 14. The molecule has 0 fully saturated rings. The maximum Gasteiger partial charge on any atom is 0.221 e. The summed E-state index contributed by atoms with van der Waals surface area (Å²) in [5.74, 6) is 0. The second kappa shape index (κ2) is 21.5. The molecule has 0 amide bonds. The summed E-state index contributed by atoms with van der Waals surface area (Å²) in [7, 11) is 0. The van der Waals surface area contributed by atoms with Gasteiger partial charge < -0.3 is 14.5 Å². The molecule has 0 aliphatic carbocycles. The summed E-state index contributed by atoms with van der Waals surface area (Å²) >= 11 is 3.42. The first-order valence-corrected chi connectivity index (χ1v) is 27.2. The first-order valence-electron chi connectivity index (χ1n) is 25.6. The van der Waals surface area contributed by atoms with Gasteiger partial charge in [0, 0.05) is 88.4 Å². The third-order valence-corrected chi connectivity index (χ3v) is 15.4. The van der Waals surface area contributed by atoms with Crippen LogP contribution < -0.4 is 0 Å². The van der Waals surface area contributed by atoms with E-state index in [1.807, 2.05) is 53.3 Å². The Morgan fingerprint density at radius 1 is 0.642 bits per heavy atom. The third-order valence-electron chi connectivity index (χ3n) is 13.2. The number of aromatic amines is 1. The van der Waals surface area contributed by atoms with Gasteiger partial charge in [0.05, 0.1) is 108 Å². The Kier molecular flexibility index (Phi) is 13.3. The first kappa shape index (κ1) is 50.2. The van der Waals surface area contributed by atoms with Crippen molar-refractivity contribution in [3.8, 4) is 39.8 Å². The molecule has 15 aromatic rings. The summed E-state index contributed by atoms with van der Waals surface area (Å²) < 4.78 is 16.8. The predicted octanol–water partition coefficient (Wildman–Crippen LogP) is 6.72. The second-order valence-corrected chi connectivity index (χ2v) is 20.8. The summed E-state index contributed by atoms with van der Waals surface area (Å²) in [4.78, 5) is 32.8. The molecule has 0 aromatic carbocycles. The number of hydrogen-bond acceptors (Lipinski definition) is 20. The van der Waals surface area contributed by atoms with Gasteiger partial charge in [0.1, 0.15) is 12.1 Å². The highest BCUT2D eigenvalue weighted by Gasteiger charge is 2.19. The molecular formula is C52H46N26OS2. The van der Waals surface area contributed by atoms with Crippen LogP contribution >= 0.6 is 22.7 Å². The molecule has 0 aliphatic heterocycles. The fourth-order valence-electron chi connectivity index (χ4n) is 9.06. The molecule has 81 heavy (non-hydrogen) atoms. The number of aliphatic hydroxyl groups is 1. The number of aliphatic hydroxyl groups excluding tert-OH is 1. The van der Waals surface area contributed by atoms with Crippen LogP contribution in [-0.4, -0.2) is 135 Å². The number of H-pyrrole nitrogens is 1. The number of aromatic nitrogens is 25. The van der Waals surface area contributed by atoms with E-state index in [1.165, 1.54) is 9.58 Å². The monoisotopic (exact) mass is 1110 g/mol. The van der Waals surface area contributed by atoms with E-state index in [-0.39, 0.29) is 19.2 Å². The zero-order chi connectivity index (χ0) is 55.0. The van der Waals surface area contributed by atoms with E-state index >= 15 is 0 Å². The lowest BCUT2D eigenvalue weighted by Gasteiger charge is -2.13. The zero-order valence-corrected chi connectivity index (χ0v) is 45.2. The predicted molar refractivity (Wildman–Crippen MR) is 300 cm³/mol. The zero-order valence-electron chi connectivity index (χ0n) is 43.5. The normalized spacial score (nSPS) is 12.0. The fraction of sp³-hybridized carbons (Fsp3) is 0.212. The lowest BCUT2D eigenvalue weighted by atomic mass is 10.1. The standard InChI is InChI=1S/C19H18N8O.C17H14N10S.C16H14N8S/c1-13(14-4-6-25-5-2-3-16(25)9-14)27-19-18(23-24-27)20-11-17(22-19)15-10-21-26(12-15)7-8-28;1-2-25-10-15-13(23-25)5-12(28-15)9-27-17-16(22-24-27)19-7-14(21-17)11-6-20-26(8-11)4-3-18;1-2-23-8-10(6-19-23)13-7-18-15-16(20-13)24(22-21-15)9-11-5-12-14(25-11)3-4-17-12/h2-6,9-13,28H,7-8H2,1H3;5-8,10H,2,4,9H2,1H3;3-8,17H,2,9H2,1H3/t13-;;/m0../s1. The van der Waals surface area contributed by atoms with Crippen LogP contribution in [0.2, 0.25) is 0 Å². The van der Waals surface area contributed by atoms with Crippen LogP contribution in [-0.2, 0) is 39.3 Å². The highest BCUT2D eigenvalue weighted by atomic mass is 32.1. The van der Waals surface area contributed by atoms with Crippen LogP contribution in [0.15, 0.2) is 123 Å². The van der Waals surface area contributed by atoms with E-state index < -0.39 is 0 Å². The molecule has 29 heteroatoms. The van der Waals surface area contributed by atoms with Crippen molar-refractivity contribution in [3.05, 3.63) is 138 Å². The molecule has 0 radical (unpaired) electrons. The molecule has 0 saturated carbocycles. The molecule has 15 heterocycles. The van der Waals surface area contributed by atoms with Crippen molar-refractivity contribution in [2.75, 3.05) is 6.61 Å². The minimum absolute atomic E-state index is 0.0338. The Hall–Kier alpha value is -10.3. The van der Waals surface area contributed by atoms with Crippen LogP contribution in [0.25, 0.3) is 93.6 Å². The minimum atomic E-state index is -0.0495. The average Bonchev–Trinajstić information content (AvgIpc) is 4.38. The summed E-state index contributed by atoms with van der Waals surface area (Å²) in [5, 5.41) is 60.2. The average molecular weight is 1120 g/mol. The maximum absolute atomic E-state index is 9.06. The van der Waals surface area contributed by atoms with E-state index in [0.29, 0.717) is 64.9 Å². The quantitative estimate of drug-likeness (QED) is 0.114. The van der Waals surface area contributed by atoms with Gasteiger partial charge in [0.15, 0.2) is 16.9 Å². The van der Waals surface area contributed by atoms with Crippen LogP contribution in [0.5, 0.6) is 0 Å². The van der Waals surface area contributed by atoms with Crippen molar-refractivity contribution >= 4 is 82.5 Å².